The van der Waals surface area contributed by atoms with Crippen LogP contribution < -0.4 is 0 Å². The van der Waals surface area contributed by atoms with E-state index in [4.69, 9.17) is 9.52 Å². The predicted molar refractivity (Wildman–Crippen MR) is 69.8 cm³/mol. The SMILES string of the molecule is C[C@H](C/C=C\c1coc(CO)c1)C1=CC(=O)CC1. The molecular formula is C15H18O3. The molecule has 1 aromatic rings. The van der Waals surface area contributed by atoms with Crippen molar-refractivity contribution in [2.45, 2.75) is 32.8 Å². The highest BCUT2D eigenvalue weighted by Gasteiger charge is 2.16. The van der Waals surface area contributed by atoms with Crippen LogP contribution in [0.25, 0.3) is 6.08 Å². The van der Waals surface area contributed by atoms with Crippen molar-refractivity contribution in [1.29, 1.82) is 0 Å². The number of hydrogen-bond donors (Lipinski definition) is 1. The topological polar surface area (TPSA) is 50.4 Å². The van der Waals surface area contributed by atoms with Gasteiger partial charge in [-0.25, -0.2) is 0 Å². The summed E-state index contributed by atoms with van der Waals surface area (Å²) in [6, 6.07) is 1.82. The van der Waals surface area contributed by atoms with Crippen molar-refractivity contribution in [3.63, 3.8) is 0 Å². The molecule has 1 N–H and O–H groups in total. The number of carbonyl (C=O) groups is 1. The Morgan fingerprint density at radius 2 is 2.33 bits per heavy atom. The van der Waals surface area contributed by atoms with Crippen molar-refractivity contribution in [3.8, 4) is 0 Å². The Hall–Kier alpha value is -1.61. The summed E-state index contributed by atoms with van der Waals surface area (Å²) in [4.78, 5) is 11.2. The maximum atomic E-state index is 11.2. The van der Waals surface area contributed by atoms with Crippen molar-refractivity contribution in [2.24, 2.45) is 5.92 Å². The van der Waals surface area contributed by atoms with Gasteiger partial charge in [-0.3, -0.25) is 4.79 Å². The monoisotopic (exact) mass is 246 g/mol. The summed E-state index contributed by atoms with van der Waals surface area (Å²) in [7, 11) is 0. The lowest BCUT2D eigenvalue weighted by Gasteiger charge is -2.08. The third-order valence-corrected chi connectivity index (χ3v) is 3.27. The van der Waals surface area contributed by atoms with Gasteiger partial charge in [-0.2, -0.15) is 0 Å². The van der Waals surface area contributed by atoms with E-state index in [1.165, 1.54) is 5.57 Å². The minimum absolute atomic E-state index is 0.0702. The molecule has 18 heavy (non-hydrogen) atoms. The smallest absolute Gasteiger partial charge is 0.155 e. The van der Waals surface area contributed by atoms with E-state index < -0.39 is 0 Å². The minimum atomic E-state index is -0.0702. The Morgan fingerprint density at radius 3 is 2.94 bits per heavy atom. The lowest BCUT2D eigenvalue weighted by atomic mass is 9.97. The molecule has 0 spiro atoms. The highest BCUT2D eigenvalue weighted by atomic mass is 16.4. The van der Waals surface area contributed by atoms with Crippen LogP contribution in [0.2, 0.25) is 0 Å². The van der Waals surface area contributed by atoms with Gasteiger partial charge in [-0.1, -0.05) is 24.6 Å². The molecule has 1 atom stereocenters. The Labute approximate surface area is 107 Å². The molecule has 1 aliphatic rings. The third kappa shape index (κ3) is 3.20. The lowest BCUT2D eigenvalue weighted by molar-refractivity contribution is -0.114. The van der Waals surface area contributed by atoms with Crippen LogP contribution in [0.15, 0.2) is 34.5 Å². The molecule has 1 heterocycles. The van der Waals surface area contributed by atoms with Gasteiger partial charge in [0, 0.05) is 12.0 Å². The van der Waals surface area contributed by atoms with Gasteiger partial charge in [-0.15, -0.1) is 0 Å². The summed E-state index contributed by atoms with van der Waals surface area (Å²) in [6.07, 6.45) is 9.99. The molecule has 0 amide bonds. The van der Waals surface area contributed by atoms with Crippen molar-refractivity contribution in [3.05, 3.63) is 41.4 Å². The normalized spacial score (nSPS) is 17.4. The number of furan rings is 1. The summed E-state index contributed by atoms with van der Waals surface area (Å²) in [5.41, 5.74) is 2.22. The quantitative estimate of drug-likeness (QED) is 0.868. The van der Waals surface area contributed by atoms with Crippen molar-refractivity contribution in [1.82, 2.24) is 0 Å². The fraction of sp³-hybridized carbons (Fsp3) is 0.400. The zero-order chi connectivity index (χ0) is 13.0. The van der Waals surface area contributed by atoms with Gasteiger partial charge in [0.05, 0.1) is 6.26 Å². The first-order chi connectivity index (χ1) is 8.69. The van der Waals surface area contributed by atoms with Gasteiger partial charge in [0.2, 0.25) is 0 Å². The van der Waals surface area contributed by atoms with Crippen LogP contribution in [-0.4, -0.2) is 10.9 Å². The summed E-state index contributed by atoms with van der Waals surface area (Å²) in [5.74, 6) is 1.24. The van der Waals surface area contributed by atoms with Crippen molar-refractivity contribution < 1.29 is 14.3 Å². The number of carbonyl (C=O) groups excluding carboxylic acids is 1. The van der Waals surface area contributed by atoms with E-state index >= 15 is 0 Å². The van der Waals surface area contributed by atoms with E-state index in [0.29, 0.717) is 18.1 Å². The van der Waals surface area contributed by atoms with Gasteiger partial charge >= 0.3 is 0 Å². The summed E-state index contributed by atoms with van der Waals surface area (Å²) in [5, 5.41) is 8.88. The number of aliphatic hydroxyl groups is 1. The molecule has 3 nitrogen and oxygen atoms in total. The third-order valence-electron chi connectivity index (χ3n) is 3.27. The van der Waals surface area contributed by atoms with Gasteiger partial charge in [0.25, 0.3) is 0 Å². The Bertz CT molecular complexity index is 480. The zero-order valence-electron chi connectivity index (χ0n) is 10.6. The Balaban J connectivity index is 1.87. The molecule has 2 rings (SSSR count). The van der Waals surface area contributed by atoms with Gasteiger partial charge in [0.15, 0.2) is 5.78 Å². The molecular weight excluding hydrogens is 228 g/mol. The zero-order valence-corrected chi connectivity index (χ0v) is 10.6. The van der Waals surface area contributed by atoms with E-state index in [2.05, 4.69) is 13.0 Å². The lowest BCUT2D eigenvalue weighted by Crippen LogP contribution is -1.94. The molecule has 0 radical (unpaired) electrons. The number of allylic oxidation sites excluding steroid dienone is 3. The first-order valence-electron chi connectivity index (χ1n) is 6.27. The van der Waals surface area contributed by atoms with Crippen molar-refractivity contribution in [2.75, 3.05) is 0 Å². The van der Waals surface area contributed by atoms with Gasteiger partial charge in [-0.05, 0) is 30.9 Å². The van der Waals surface area contributed by atoms with Gasteiger partial charge in [0.1, 0.15) is 12.4 Å². The van der Waals surface area contributed by atoms with E-state index in [1.807, 2.05) is 12.1 Å². The fourth-order valence-electron chi connectivity index (χ4n) is 2.13. The maximum absolute atomic E-state index is 11.2. The average Bonchev–Trinajstić information content (AvgIpc) is 2.98. The molecule has 0 fully saturated rings. The molecule has 0 aliphatic heterocycles. The van der Waals surface area contributed by atoms with E-state index in [0.717, 1.165) is 18.4 Å². The first-order valence-corrected chi connectivity index (χ1v) is 6.27. The van der Waals surface area contributed by atoms with E-state index in [1.54, 1.807) is 12.3 Å². The molecule has 3 heteroatoms. The second-order valence-corrected chi connectivity index (χ2v) is 4.73. The molecule has 1 aromatic heterocycles. The summed E-state index contributed by atoms with van der Waals surface area (Å²) >= 11 is 0. The van der Waals surface area contributed by atoms with Crippen LogP contribution in [-0.2, 0) is 11.4 Å². The largest absolute Gasteiger partial charge is 0.466 e. The first kappa shape index (κ1) is 12.8. The molecule has 1 aliphatic carbocycles. The van der Waals surface area contributed by atoms with Crippen LogP contribution in [0, 0.1) is 5.92 Å². The summed E-state index contributed by atoms with van der Waals surface area (Å²) < 4.78 is 5.13. The predicted octanol–water partition coefficient (Wildman–Crippen LogP) is 3.10. The highest BCUT2D eigenvalue weighted by Crippen LogP contribution is 2.25. The maximum Gasteiger partial charge on any atom is 0.155 e. The molecule has 0 bridgehead atoms. The Kier molecular flexibility index (Phi) is 4.15. The van der Waals surface area contributed by atoms with Crippen LogP contribution >= 0.6 is 0 Å². The van der Waals surface area contributed by atoms with Crippen LogP contribution in [0.5, 0.6) is 0 Å². The van der Waals surface area contributed by atoms with Crippen LogP contribution in [0.4, 0.5) is 0 Å². The number of rotatable bonds is 5. The van der Waals surface area contributed by atoms with E-state index in [-0.39, 0.29) is 12.4 Å². The van der Waals surface area contributed by atoms with E-state index in [9.17, 15) is 4.79 Å². The second kappa shape index (κ2) is 5.83. The molecule has 0 unspecified atom stereocenters. The second-order valence-electron chi connectivity index (χ2n) is 4.73. The summed E-state index contributed by atoms with van der Waals surface area (Å²) in [6.45, 7) is 2.07. The fourth-order valence-corrected chi connectivity index (χ4v) is 2.13. The Morgan fingerprint density at radius 1 is 1.50 bits per heavy atom. The number of hydrogen-bond acceptors (Lipinski definition) is 3. The number of aliphatic hydroxyl groups excluding tert-OH is 1. The standard InChI is InChI=1S/C15H18O3/c1-11(13-5-6-14(17)8-13)3-2-4-12-7-15(9-16)18-10-12/h2,4,7-8,10-11,16H,3,5-6,9H2,1H3/b4-2-/t11-/m1/s1. The van der Waals surface area contributed by atoms with Crippen molar-refractivity contribution >= 4 is 11.9 Å². The average molecular weight is 246 g/mol. The van der Waals surface area contributed by atoms with Crippen LogP contribution in [0.3, 0.4) is 0 Å². The molecule has 0 saturated carbocycles. The molecule has 0 aromatic carbocycles. The molecule has 96 valence electrons. The number of ketones is 1. The van der Waals surface area contributed by atoms with Gasteiger partial charge < -0.3 is 9.52 Å². The molecule has 0 saturated heterocycles. The highest BCUT2D eigenvalue weighted by molar-refractivity contribution is 5.93. The minimum Gasteiger partial charge on any atom is -0.466 e. The van der Waals surface area contributed by atoms with Crippen LogP contribution in [0.1, 0.15) is 37.5 Å².